The zero-order valence-electron chi connectivity index (χ0n) is 13.1. The second-order valence-electron chi connectivity index (χ2n) is 5.60. The highest BCUT2D eigenvalue weighted by molar-refractivity contribution is 5.29. The Hall–Kier alpha value is -1.84. The van der Waals surface area contributed by atoms with Crippen LogP contribution in [0.5, 0.6) is 5.75 Å². The van der Waals surface area contributed by atoms with E-state index in [0.29, 0.717) is 6.61 Å². The minimum atomic E-state index is 0.178. The van der Waals surface area contributed by atoms with Crippen LogP contribution in [-0.2, 0) is 11.3 Å². The van der Waals surface area contributed by atoms with E-state index in [-0.39, 0.29) is 6.10 Å². The van der Waals surface area contributed by atoms with E-state index < -0.39 is 0 Å². The van der Waals surface area contributed by atoms with Crippen LogP contribution in [0.1, 0.15) is 24.2 Å². The van der Waals surface area contributed by atoms with Gasteiger partial charge >= 0.3 is 0 Å². The molecule has 0 aliphatic carbocycles. The topological polar surface area (TPSA) is 21.7 Å². The SMILES string of the molecule is CCN1CCO[C@@H](c2ccc(OCc3ccccc3)cc2)C1. The number of rotatable bonds is 5. The number of likely N-dealkylation sites (N-methyl/N-ethyl adjacent to an activating group) is 1. The third-order valence-corrected chi connectivity index (χ3v) is 4.10. The fourth-order valence-corrected chi connectivity index (χ4v) is 2.71. The van der Waals surface area contributed by atoms with Crippen molar-refractivity contribution in [2.45, 2.75) is 19.6 Å². The highest BCUT2D eigenvalue weighted by Crippen LogP contribution is 2.24. The van der Waals surface area contributed by atoms with Gasteiger partial charge in [-0.15, -0.1) is 0 Å². The van der Waals surface area contributed by atoms with Crippen molar-refractivity contribution in [2.75, 3.05) is 26.2 Å². The molecule has 1 atom stereocenters. The largest absolute Gasteiger partial charge is 0.489 e. The van der Waals surface area contributed by atoms with Gasteiger partial charge in [0.05, 0.1) is 12.7 Å². The molecule has 3 rings (SSSR count). The van der Waals surface area contributed by atoms with Gasteiger partial charge in [-0.1, -0.05) is 49.4 Å². The smallest absolute Gasteiger partial charge is 0.119 e. The molecule has 3 nitrogen and oxygen atoms in total. The summed E-state index contributed by atoms with van der Waals surface area (Å²) in [6.45, 7) is 6.70. The highest BCUT2D eigenvalue weighted by atomic mass is 16.5. The Morgan fingerprint density at radius 2 is 1.86 bits per heavy atom. The van der Waals surface area contributed by atoms with Crippen molar-refractivity contribution >= 4 is 0 Å². The summed E-state index contributed by atoms with van der Waals surface area (Å²) in [5, 5.41) is 0. The number of benzene rings is 2. The molecule has 0 saturated carbocycles. The van der Waals surface area contributed by atoms with E-state index >= 15 is 0 Å². The van der Waals surface area contributed by atoms with Gasteiger partial charge in [0.25, 0.3) is 0 Å². The summed E-state index contributed by atoms with van der Waals surface area (Å²) >= 11 is 0. The first kappa shape index (κ1) is 15.1. The molecule has 0 radical (unpaired) electrons. The monoisotopic (exact) mass is 297 g/mol. The Kier molecular flexibility index (Phi) is 5.09. The summed E-state index contributed by atoms with van der Waals surface area (Å²) in [5.74, 6) is 0.899. The lowest BCUT2D eigenvalue weighted by molar-refractivity contribution is -0.0281. The minimum Gasteiger partial charge on any atom is -0.489 e. The molecule has 0 aromatic heterocycles. The second kappa shape index (κ2) is 7.43. The van der Waals surface area contributed by atoms with Crippen LogP contribution in [0.25, 0.3) is 0 Å². The van der Waals surface area contributed by atoms with Gasteiger partial charge in [-0.25, -0.2) is 0 Å². The predicted octanol–water partition coefficient (Wildman–Crippen LogP) is 3.66. The van der Waals surface area contributed by atoms with Gasteiger partial charge in [0.15, 0.2) is 0 Å². The first-order valence-electron chi connectivity index (χ1n) is 7.96. The van der Waals surface area contributed by atoms with Crippen molar-refractivity contribution in [2.24, 2.45) is 0 Å². The molecule has 0 spiro atoms. The van der Waals surface area contributed by atoms with Crippen molar-refractivity contribution in [1.29, 1.82) is 0 Å². The number of nitrogens with zero attached hydrogens (tertiary/aromatic N) is 1. The second-order valence-corrected chi connectivity index (χ2v) is 5.60. The average molecular weight is 297 g/mol. The summed E-state index contributed by atoms with van der Waals surface area (Å²) < 4.78 is 11.7. The van der Waals surface area contributed by atoms with Gasteiger partial charge in [0.2, 0.25) is 0 Å². The van der Waals surface area contributed by atoms with E-state index in [1.165, 1.54) is 11.1 Å². The summed E-state index contributed by atoms with van der Waals surface area (Å²) in [5.41, 5.74) is 2.41. The molecule has 2 aromatic carbocycles. The Labute approximate surface area is 132 Å². The number of morpholine rings is 1. The lowest BCUT2D eigenvalue weighted by Gasteiger charge is -2.32. The van der Waals surface area contributed by atoms with E-state index in [1.54, 1.807) is 0 Å². The molecule has 0 bridgehead atoms. The molecule has 2 aromatic rings. The van der Waals surface area contributed by atoms with E-state index in [2.05, 4.69) is 36.1 Å². The van der Waals surface area contributed by atoms with Crippen LogP contribution in [0, 0.1) is 0 Å². The molecular weight excluding hydrogens is 274 g/mol. The quantitative estimate of drug-likeness (QED) is 0.840. The van der Waals surface area contributed by atoms with Gasteiger partial charge in [-0.2, -0.15) is 0 Å². The maximum Gasteiger partial charge on any atom is 0.119 e. The zero-order chi connectivity index (χ0) is 15.2. The molecule has 1 fully saturated rings. The van der Waals surface area contributed by atoms with Crippen molar-refractivity contribution in [1.82, 2.24) is 4.90 Å². The Morgan fingerprint density at radius 1 is 1.09 bits per heavy atom. The summed E-state index contributed by atoms with van der Waals surface area (Å²) in [6, 6.07) is 18.5. The molecule has 0 amide bonds. The van der Waals surface area contributed by atoms with Crippen molar-refractivity contribution in [3.05, 3.63) is 65.7 Å². The van der Waals surface area contributed by atoms with Crippen LogP contribution in [0.2, 0.25) is 0 Å². The van der Waals surface area contributed by atoms with Gasteiger partial charge < -0.3 is 9.47 Å². The van der Waals surface area contributed by atoms with Crippen molar-refractivity contribution in [3.63, 3.8) is 0 Å². The molecule has 1 heterocycles. The zero-order valence-corrected chi connectivity index (χ0v) is 13.1. The maximum atomic E-state index is 5.88. The van der Waals surface area contributed by atoms with Crippen molar-refractivity contribution in [3.8, 4) is 5.75 Å². The molecule has 1 aliphatic heterocycles. The van der Waals surface area contributed by atoms with E-state index in [0.717, 1.165) is 32.0 Å². The van der Waals surface area contributed by atoms with Gasteiger partial charge in [-0.05, 0) is 29.8 Å². The molecule has 0 unspecified atom stereocenters. The van der Waals surface area contributed by atoms with Crippen LogP contribution in [-0.4, -0.2) is 31.1 Å². The van der Waals surface area contributed by atoms with Gasteiger partial charge in [0, 0.05) is 13.1 Å². The predicted molar refractivity (Wildman–Crippen MR) is 88.0 cm³/mol. The third kappa shape index (κ3) is 3.87. The normalized spacial score (nSPS) is 19.0. The van der Waals surface area contributed by atoms with Crippen LogP contribution in [0.3, 0.4) is 0 Å². The van der Waals surface area contributed by atoms with Crippen LogP contribution >= 0.6 is 0 Å². The van der Waals surface area contributed by atoms with Crippen LogP contribution in [0.4, 0.5) is 0 Å². The Balaban J connectivity index is 1.58. The van der Waals surface area contributed by atoms with E-state index in [1.807, 2.05) is 30.3 Å². The molecule has 3 heteroatoms. The van der Waals surface area contributed by atoms with E-state index in [4.69, 9.17) is 9.47 Å². The Bertz CT molecular complexity index is 568. The van der Waals surface area contributed by atoms with Crippen LogP contribution in [0.15, 0.2) is 54.6 Å². The maximum absolute atomic E-state index is 5.88. The lowest BCUT2D eigenvalue weighted by atomic mass is 10.1. The van der Waals surface area contributed by atoms with Crippen LogP contribution < -0.4 is 4.74 Å². The van der Waals surface area contributed by atoms with Gasteiger partial charge in [-0.3, -0.25) is 4.90 Å². The third-order valence-electron chi connectivity index (χ3n) is 4.10. The first-order valence-corrected chi connectivity index (χ1v) is 7.96. The molecule has 1 aliphatic rings. The first-order chi connectivity index (χ1) is 10.8. The minimum absolute atomic E-state index is 0.178. The summed E-state index contributed by atoms with van der Waals surface area (Å²) in [7, 11) is 0. The Morgan fingerprint density at radius 3 is 2.59 bits per heavy atom. The van der Waals surface area contributed by atoms with Gasteiger partial charge in [0.1, 0.15) is 12.4 Å². The lowest BCUT2D eigenvalue weighted by Crippen LogP contribution is -2.37. The number of hydrogen-bond donors (Lipinski definition) is 0. The molecule has 22 heavy (non-hydrogen) atoms. The number of hydrogen-bond acceptors (Lipinski definition) is 3. The van der Waals surface area contributed by atoms with E-state index in [9.17, 15) is 0 Å². The summed E-state index contributed by atoms with van der Waals surface area (Å²) in [4.78, 5) is 2.42. The highest BCUT2D eigenvalue weighted by Gasteiger charge is 2.20. The molecule has 116 valence electrons. The fraction of sp³-hybridized carbons (Fsp3) is 0.368. The molecular formula is C19H23NO2. The fourth-order valence-electron chi connectivity index (χ4n) is 2.71. The number of ether oxygens (including phenoxy) is 2. The molecule has 0 N–H and O–H groups in total. The van der Waals surface area contributed by atoms with Crippen molar-refractivity contribution < 1.29 is 9.47 Å². The molecule has 1 saturated heterocycles. The summed E-state index contributed by atoms with van der Waals surface area (Å²) in [6.07, 6.45) is 0.178. The average Bonchev–Trinajstić information content (AvgIpc) is 2.61. The standard InChI is InChI=1S/C19H23NO2/c1-2-20-12-13-21-19(14-20)17-8-10-18(11-9-17)22-15-16-6-4-3-5-7-16/h3-11,19H,2,12-15H2,1H3/t19-/m1/s1.